The number of carboxylic acids is 1. The van der Waals surface area contributed by atoms with Crippen LogP contribution in [0.15, 0.2) is 48.8 Å². The van der Waals surface area contributed by atoms with Crippen molar-refractivity contribution in [3.05, 3.63) is 103 Å². The van der Waals surface area contributed by atoms with Crippen LogP contribution < -0.4 is 0 Å². The number of esters is 1. The highest BCUT2D eigenvalue weighted by atomic mass is 35.5. The maximum absolute atomic E-state index is 12.3. The number of fused-ring (bicyclic) bond motifs is 2. The fourth-order valence-corrected chi connectivity index (χ4v) is 7.03. The van der Waals surface area contributed by atoms with Gasteiger partial charge in [-0.3, -0.25) is 9.59 Å². The van der Waals surface area contributed by atoms with Crippen molar-refractivity contribution >= 4 is 81.2 Å². The first kappa shape index (κ1) is 39.3. The van der Waals surface area contributed by atoms with Crippen LogP contribution in [0.25, 0.3) is 33.8 Å². The maximum Gasteiger partial charge on any atom is 0.339 e. The van der Waals surface area contributed by atoms with Crippen LogP contribution in [0.3, 0.4) is 0 Å². The van der Waals surface area contributed by atoms with Gasteiger partial charge in [0, 0.05) is 56.2 Å². The van der Waals surface area contributed by atoms with Crippen LogP contribution in [0.4, 0.5) is 0 Å². The van der Waals surface area contributed by atoms with E-state index in [1.165, 1.54) is 37.9 Å². The summed E-state index contributed by atoms with van der Waals surface area (Å²) in [5.41, 5.74) is 4.78. The topological polar surface area (TPSA) is 158 Å². The van der Waals surface area contributed by atoms with Gasteiger partial charge in [-0.1, -0.05) is 74.1 Å². The van der Waals surface area contributed by atoms with Gasteiger partial charge in [-0.05, 0) is 48.2 Å². The van der Waals surface area contributed by atoms with Crippen molar-refractivity contribution in [2.75, 3.05) is 7.11 Å². The van der Waals surface area contributed by atoms with Gasteiger partial charge in [0.1, 0.15) is 22.8 Å². The molecule has 0 aliphatic heterocycles. The van der Waals surface area contributed by atoms with E-state index in [2.05, 4.69) is 20.2 Å². The van der Waals surface area contributed by atoms with E-state index < -0.39 is 11.9 Å². The van der Waals surface area contributed by atoms with E-state index in [1.54, 1.807) is 40.9 Å². The molecule has 4 heterocycles. The molecule has 6 aromatic rings. The van der Waals surface area contributed by atoms with Crippen LogP contribution >= 0.6 is 46.4 Å². The third-order valence-electron chi connectivity index (χ3n) is 8.10. The Hall–Kier alpha value is -4.88. The summed E-state index contributed by atoms with van der Waals surface area (Å²) in [6, 6.07) is 9.88. The number of halogens is 4. The van der Waals surface area contributed by atoms with E-state index in [4.69, 9.17) is 51.1 Å². The Balaban J connectivity index is 0.000000204. The van der Waals surface area contributed by atoms with Crippen LogP contribution in [0.1, 0.15) is 106 Å². The lowest BCUT2D eigenvalue weighted by atomic mass is 10.00. The summed E-state index contributed by atoms with van der Waals surface area (Å²) in [6.45, 7) is 10.4. The summed E-state index contributed by atoms with van der Waals surface area (Å²) < 4.78 is 7.87. The average molecular weight is 799 g/mol. The predicted octanol–water partition coefficient (Wildman–Crippen LogP) is 9.54. The number of aromatic carboxylic acids is 1. The Kier molecular flexibility index (Phi) is 11.6. The number of methoxy groups -OCH3 is 1. The number of carbonyl (C=O) groups excluding carboxylic acids is 3. The van der Waals surface area contributed by atoms with Crippen LogP contribution in [0, 0.1) is 0 Å². The van der Waals surface area contributed by atoms with Gasteiger partial charge in [0.25, 0.3) is 0 Å². The molecule has 1 N–H and O–H groups in total. The molecule has 0 atom stereocenters. The Morgan fingerprint density at radius 2 is 1.00 bits per heavy atom. The molecule has 4 aromatic heterocycles. The number of rotatable bonds is 8. The van der Waals surface area contributed by atoms with E-state index in [9.17, 15) is 24.3 Å². The van der Waals surface area contributed by atoms with Gasteiger partial charge in [0.2, 0.25) is 0 Å². The molecule has 0 bridgehead atoms. The van der Waals surface area contributed by atoms with Gasteiger partial charge in [-0.25, -0.2) is 28.6 Å². The first-order valence-corrected chi connectivity index (χ1v) is 17.6. The fourth-order valence-electron chi connectivity index (χ4n) is 5.98. The number of ether oxygens (including phenoxy) is 1. The molecule has 2 aromatic carbocycles. The SMILES string of the molecule is CC(=O)c1nc2c(C(C)C)c(C(=O)O)cnn2c1-c1cc(Cl)cc(Cl)c1.COC(=O)c1cnn2c(-c3cc(Cl)cc(Cl)c3)c(C(C)=O)nc2c1C(C)C. The van der Waals surface area contributed by atoms with Crippen molar-refractivity contribution in [3.8, 4) is 22.5 Å². The summed E-state index contributed by atoms with van der Waals surface area (Å²) in [4.78, 5) is 57.1. The first-order chi connectivity index (χ1) is 24.9. The standard InChI is InChI=1S/C19H17Cl2N3O3.C18H15Cl2N3O3/c1-9(2)15-14(19(26)27-4)8-22-24-17(16(10(3)25)23-18(15)24)11-5-12(20)7-13(21)6-11;1-8(2)14-13(18(25)26)7-21-23-16(15(9(3)24)22-17(14)23)10-4-11(19)6-12(20)5-10/h5-9H,1-4H3;4-8H,1-3H3,(H,25,26). The molecular formula is C37H32Cl4N6O6. The number of hydrogen-bond acceptors (Lipinski definition) is 9. The van der Waals surface area contributed by atoms with Crippen molar-refractivity contribution in [2.45, 2.75) is 53.4 Å². The zero-order valence-corrected chi connectivity index (χ0v) is 32.5. The average Bonchev–Trinajstić information content (AvgIpc) is 3.66. The largest absolute Gasteiger partial charge is 0.478 e. The molecule has 16 heteroatoms. The molecule has 274 valence electrons. The molecule has 0 spiro atoms. The summed E-state index contributed by atoms with van der Waals surface area (Å²) in [6.07, 6.45) is 2.70. The number of hydrogen-bond donors (Lipinski definition) is 1. The normalized spacial score (nSPS) is 11.3. The van der Waals surface area contributed by atoms with Gasteiger partial charge in [-0.15, -0.1) is 0 Å². The quantitative estimate of drug-likeness (QED) is 0.116. The van der Waals surface area contributed by atoms with Gasteiger partial charge in [0.15, 0.2) is 22.9 Å². The molecular weight excluding hydrogens is 766 g/mol. The van der Waals surface area contributed by atoms with Crippen molar-refractivity contribution in [3.63, 3.8) is 0 Å². The number of carboxylic acid groups (broad SMARTS) is 1. The second-order valence-electron chi connectivity index (χ2n) is 12.6. The van der Waals surface area contributed by atoms with Crippen molar-refractivity contribution in [1.82, 2.24) is 29.2 Å². The molecule has 6 rings (SSSR count). The minimum absolute atomic E-state index is 0.0531. The van der Waals surface area contributed by atoms with Crippen molar-refractivity contribution in [2.24, 2.45) is 0 Å². The summed E-state index contributed by atoms with van der Waals surface area (Å²) in [5.74, 6) is -2.29. The van der Waals surface area contributed by atoms with Crippen LogP contribution in [0.5, 0.6) is 0 Å². The number of aromatic nitrogens is 6. The molecule has 0 unspecified atom stereocenters. The number of nitrogens with zero attached hydrogens (tertiary/aromatic N) is 6. The summed E-state index contributed by atoms with van der Waals surface area (Å²) in [5, 5.41) is 19.7. The van der Waals surface area contributed by atoms with Crippen LogP contribution in [0.2, 0.25) is 20.1 Å². The Morgan fingerprint density at radius 1 is 0.642 bits per heavy atom. The number of carbonyl (C=O) groups is 4. The second kappa shape index (κ2) is 15.6. The monoisotopic (exact) mass is 796 g/mol. The maximum atomic E-state index is 12.3. The van der Waals surface area contributed by atoms with E-state index in [1.807, 2.05) is 27.7 Å². The van der Waals surface area contributed by atoms with E-state index in [-0.39, 0.29) is 40.4 Å². The van der Waals surface area contributed by atoms with Crippen LogP contribution in [-0.2, 0) is 4.74 Å². The third-order valence-corrected chi connectivity index (χ3v) is 8.98. The lowest BCUT2D eigenvalue weighted by Crippen LogP contribution is -2.11. The molecule has 53 heavy (non-hydrogen) atoms. The van der Waals surface area contributed by atoms with Crippen molar-refractivity contribution in [1.29, 1.82) is 0 Å². The van der Waals surface area contributed by atoms with E-state index >= 15 is 0 Å². The predicted molar refractivity (Wildman–Crippen MR) is 203 cm³/mol. The van der Waals surface area contributed by atoms with Crippen molar-refractivity contribution < 1.29 is 29.0 Å². The number of imidazole rings is 2. The highest BCUT2D eigenvalue weighted by Crippen LogP contribution is 2.35. The fraction of sp³-hybridized carbons (Fsp3) is 0.243. The van der Waals surface area contributed by atoms with E-state index in [0.29, 0.717) is 70.6 Å². The Bertz CT molecular complexity index is 2430. The molecule has 0 saturated carbocycles. The van der Waals surface area contributed by atoms with Gasteiger partial charge in [-0.2, -0.15) is 10.2 Å². The lowest BCUT2D eigenvalue weighted by Gasteiger charge is -2.12. The first-order valence-electron chi connectivity index (χ1n) is 16.0. The zero-order chi connectivity index (χ0) is 39.0. The minimum Gasteiger partial charge on any atom is -0.478 e. The highest BCUT2D eigenvalue weighted by molar-refractivity contribution is 6.35. The lowest BCUT2D eigenvalue weighted by molar-refractivity contribution is 0.0597. The summed E-state index contributed by atoms with van der Waals surface area (Å²) in [7, 11) is 1.31. The Labute approximate surface area is 323 Å². The number of ketones is 2. The molecule has 0 fully saturated rings. The van der Waals surface area contributed by atoms with Crippen LogP contribution in [-0.4, -0.2) is 64.9 Å². The zero-order valence-electron chi connectivity index (χ0n) is 29.5. The molecule has 12 nitrogen and oxygen atoms in total. The van der Waals surface area contributed by atoms with Gasteiger partial charge < -0.3 is 9.84 Å². The Morgan fingerprint density at radius 3 is 1.32 bits per heavy atom. The molecule has 0 aliphatic carbocycles. The smallest absolute Gasteiger partial charge is 0.339 e. The second-order valence-corrected chi connectivity index (χ2v) is 14.3. The molecule has 0 radical (unpaired) electrons. The van der Waals surface area contributed by atoms with E-state index in [0.717, 1.165) is 0 Å². The number of Topliss-reactive ketones (excluding diaryl/α,β-unsaturated/α-hetero) is 2. The molecule has 0 amide bonds. The van der Waals surface area contributed by atoms with Gasteiger partial charge in [0.05, 0.1) is 30.6 Å². The highest BCUT2D eigenvalue weighted by Gasteiger charge is 2.27. The minimum atomic E-state index is -1.09. The third kappa shape index (κ3) is 7.77. The van der Waals surface area contributed by atoms with Gasteiger partial charge >= 0.3 is 11.9 Å². The molecule has 0 saturated heterocycles. The molecule has 0 aliphatic rings. The summed E-state index contributed by atoms with van der Waals surface area (Å²) >= 11 is 24.5. The number of benzene rings is 2.